The highest BCUT2D eigenvalue weighted by atomic mass is 35.5. The Morgan fingerprint density at radius 3 is 1.61 bits per heavy atom. The second-order valence-electron chi connectivity index (χ2n) is 17.8. The molecule has 2 saturated carbocycles. The number of aliphatic carboxylic acids is 1. The van der Waals surface area contributed by atoms with Crippen molar-refractivity contribution >= 4 is 36.2 Å². The van der Waals surface area contributed by atoms with Gasteiger partial charge in [0, 0.05) is 25.9 Å². The monoisotopic (exact) mass is 936 g/mol. The average molecular weight is 938 g/mol. The zero-order valence-electron chi connectivity index (χ0n) is 38.9. The number of hydrogen-bond donors (Lipinski definition) is 2. The van der Waals surface area contributed by atoms with Crippen LogP contribution in [0.1, 0.15) is 123 Å². The highest BCUT2D eigenvalue weighted by Gasteiger charge is 2.32. The Kier molecular flexibility index (Phi) is 19.7. The van der Waals surface area contributed by atoms with Gasteiger partial charge in [-0.25, -0.2) is 8.78 Å². The van der Waals surface area contributed by atoms with E-state index in [0.717, 1.165) is 106 Å². The van der Waals surface area contributed by atoms with Crippen LogP contribution < -0.4 is 5.32 Å². The number of halogens is 3. The number of rotatable bonds is 12. The number of esters is 2. The van der Waals surface area contributed by atoms with Crippen LogP contribution in [0.15, 0.2) is 48.5 Å². The largest absolute Gasteiger partial charge is 0.481 e. The molecule has 2 aliphatic heterocycles. The molecule has 4 aliphatic rings. The molecular formula is C50H67ClF2N6O7. The fraction of sp³-hybridized carbons (Fsp3) is 0.560. The lowest BCUT2D eigenvalue weighted by molar-refractivity contribution is -0.150. The Labute approximate surface area is 393 Å². The molecule has 4 heterocycles. The number of carboxylic acids is 1. The third-order valence-corrected chi connectivity index (χ3v) is 13.3. The van der Waals surface area contributed by atoms with Gasteiger partial charge < -0.3 is 24.8 Å². The molecule has 0 bridgehead atoms. The van der Waals surface area contributed by atoms with E-state index in [1.54, 1.807) is 19.1 Å². The number of nitrogens with one attached hydrogen (secondary N) is 1. The average Bonchev–Trinajstić information content (AvgIpc) is 3.79. The van der Waals surface area contributed by atoms with Crippen molar-refractivity contribution in [3.8, 4) is 0 Å². The number of aromatic nitrogens is 4. The molecule has 16 heteroatoms. The molecule has 2 aromatic carbocycles. The molecule has 0 spiro atoms. The summed E-state index contributed by atoms with van der Waals surface area (Å²) >= 11 is 0. The van der Waals surface area contributed by atoms with E-state index in [9.17, 15) is 28.0 Å². The number of carbonyl (C=O) groups excluding carboxylic acids is 3. The first-order chi connectivity index (χ1) is 31.3. The summed E-state index contributed by atoms with van der Waals surface area (Å²) in [5.41, 5.74) is 9.13. The van der Waals surface area contributed by atoms with E-state index in [4.69, 9.17) is 19.7 Å². The standard InChI is InChI=1S/C25H32FN3O3.C14H16FN3.C11H18O4.ClH/c1-3-32-25(31)20-8-4-18(5-9-20)14-24(30)28-13-12-22-17(2)27-29(23(22)16-28)15-19-6-10-21(26)11-7-19;1-10-13-6-7-16-8-14(13)18(17-10)9-11-2-4-12(15)5-3-11;1-2-15-11(14)9-5-3-8(4-6-9)7-10(12)13;/h6-7,10-11,18,20H,3-5,8-9,12-16H2,1-2H3;2-5,16H,6-9H2,1H3;8-9H,2-7H2,1H3,(H,12,13);1H. The number of amides is 1. The summed E-state index contributed by atoms with van der Waals surface area (Å²) in [6.45, 7) is 13.0. The van der Waals surface area contributed by atoms with Crippen molar-refractivity contribution in [2.75, 3.05) is 26.3 Å². The molecule has 2 N–H and O–H groups in total. The van der Waals surface area contributed by atoms with Gasteiger partial charge in [0.05, 0.1) is 67.5 Å². The van der Waals surface area contributed by atoms with Crippen LogP contribution in [0.25, 0.3) is 0 Å². The summed E-state index contributed by atoms with van der Waals surface area (Å²) in [4.78, 5) is 48.8. The van der Waals surface area contributed by atoms with E-state index in [0.29, 0.717) is 51.7 Å². The van der Waals surface area contributed by atoms with Crippen molar-refractivity contribution in [1.29, 1.82) is 0 Å². The van der Waals surface area contributed by atoms with Crippen LogP contribution in [-0.2, 0) is 67.7 Å². The number of benzene rings is 2. The van der Waals surface area contributed by atoms with Crippen molar-refractivity contribution < 1.29 is 42.5 Å². The molecule has 2 aromatic heterocycles. The molecule has 2 fully saturated rings. The van der Waals surface area contributed by atoms with E-state index < -0.39 is 5.97 Å². The smallest absolute Gasteiger partial charge is 0.308 e. The predicted octanol–water partition coefficient (Wildman–Crippen LogP) is 8.30. The quantitative estimate of drug-likeness (QED) is 0.133. The molecule has 8 rings (SSSR count). The Bertz CT molecular complexity index is 2210. The number of nitrogens with zero attached hydrogens (tertiary/aromatic N) is 5. The van der Waals surface area contributed by atoms with E-state index >= 15 is 0 Å². The van der Waals surface area contributed by atoms with Crippen molar-refractivity contribution in [3.05, 3.63) is 105 Å². The molecule has 0 unspecified atom stereocenters. The van der Waals surface area contributed by atoms with E-state index in [1.165, 1.54) is 41.1 Å². The second-order valence-corrected chi connectivity index (χ2v) is 17.8. The lowest BCUT2D eigenvalue weighted by Crippen LogP contribution is -2.38. The summed E-state index contributed by atoms with van der Waals surface area (Å²) < 4.78 is 40.2. The van der Waals surface area contributed by atoms with Crippen LogP contribution in [0, 0.1) is 49.2 Å². The SMILES string of the molecule is CCOC(=O)C1CCC(CC(=O)N2CCc3c(C)nn(Cc4ccc(F)cc4)c3C2)CC1.CCOC(=O)C1CCC(CC(=O)O)CC1.Cc1nn(Cc2ccc(F)cc2)c2c1CCNC2.Cl. The number of hydrogen-bond acceptors (Lipinski definition) is 9. The molecule has 1 amide bonds. The topological polar surface area (TPSA) is 158 Å². The Hall–Kier alpha value is -5.15. The third kappa shape index (κ3) is 14.4. The van der Waals surface area contributed by atoms with Gasteiger partial charge in [-0.15, -0.1) is 12.4 Å². The molecular weight excluding hydrogens is 870 g/mol. The number of carbonyl (C=O) groups is 4. The fourth-order valence-electron chi connectivity index (χ4n) is 9.63. The molecule has 0 radical (unpaired) electrons. The number of aryl methyl sites for hydroxylation is 2. The van der Waals surface area contributed by atoms with Crippen LogP contribution in [0.5, 0.6) is 0 Å². The normalized spacial score (nSPS) is 19.9. The fourth-order valence-corrected chi connectivity index (χ4v) is 9.63. The maximum Gasteiger partial charge on any atom is 0.308 e. The maximum absolute atomic E-state index is 13.2. The van der Waals surface area contributed by atoms with Gasteiger partial charge in [0.2, 0.25) is 5.91 Å². The lowest BCUT2D eigenvalue weighted by atomic mass is 9.80. The summed E-state index contributed by atoms with van der Waals surface area (Å²) in [5, 5.41) is 21.3. The Morgan fingerprint density at radius 2 is 1.14 bits per heavy atom. The first-order valence-corrected chi connectivity index (χ1v) is 23.4. The highest BCUT2D eigenvalue weighted by Crippen LogP contribution is 2.34. The van der Waals surface area contributed by atoms with Crippen molar-refractivity contribution in [2.45, 2.75) is 131 Å². The van der Waals surface area contributed by atoms with Crippen LogP contribution in [0.2, 0.25) is 0 Å². The zero-order chi connectivity index (χ0) is 46.5. The van der Waals surface area contributed by atoms with Crippen molar-refractivity contribution in [1.82, 2.24) is 29.8 Å². The Morgan fingerprint density at radius 1 is 0.682 bits per heavy atom. The summed E-state index contributed by atoms with van der Waals surface area (Å²) in [7, 11) is 0. The molecule has 0 saturated heterocycles. The van der Waals surface area contributed by atoms with E-state index in [1.807, 2.05) is 40.2 Å². The summed E-state index contributed by atoms with van der Waals surface area (Å²) in [6.07, 6.45) is 9.25. The van der Waals surface area contributed by atoms with Gasteiger partial charge in [0.25, 0.3) is 0 Å². The van der Waals surface area contributed by atoms with Crippen molar-refractivity contribution in [3.63, 3.8) is 0 Å². The molecule has 4 aromatic rings. The van der Waals surface area contributed by atoms with Crippen LogP contribution in [0.3, 0.4) is 0 Å². The van der Waals surface area contributed by atoms with Gasteiger partial charge in [-0.1, -0.05) is 24.3 Å². The molecule has 66 heavy (non-hydrogen) atoms. The minimum Gasteiger partial charge on any atom is -0.481 e. The van der Waals surface area contributed by atoms with Crippen LogP contribution in [-0.4, -0.2) is 79.7 Å². The Balaban J connectivity index is 0.000000203. The molecule has 13 nitrogen and oxygen atoms in total. The van der Waals surface area contributed by atoms with Gasteiger partial charge in [-0.3, -0.25) is 28.5 Å². The predicted molar refractivity (Wildman–Crippen MR) is 248 cm³/mol. The summed E-state index contributed by atoms with van der Waals surface area (Å²) in [5.74, 6) is -0.653. The van der Waals surface area contributed by atoms with Crippen molar-refractivity contribution in [2.24, 2.45) is 23.7 Å². The van der Waals surface area contributed by atoms with Gasteiger partial charge in [-0.05, 0) is 157 Å². The number of carboxylic acid groups (broad SMARTS) is 1. The van der Waals surface area contributed by atoms with Gasteiger partial charge in [0.1, 0.15) is 11.6 Å². The summed E-state index contributed by atoms with van der Waals surface area (Å²) in [6, 6.07) is 13.1. The highest BCUT2D eigenvalue weighted by molar-refractivity contribution is 5.85. The second kappa shape index (κ2) is 25.1. The van der Waals surface area contributed by atoms with Gasteiger partial charge >= 0.3 is 17.9 Å². The molecule has 0 atom stereocenters. The first-order valence-electron chi connectivity index (χ1n) is 23.4. The number of fused-ring (bicyclic) bond motifs is 2. The first kappa shape index (κ1) is 51.8. The third-order valence-electron chi connectivity index (χ3n) is 13.3. The number of ether oxygens (including phenoxy) is 2. The molecule has 360 valence electrons. The van der Waals surface area contributed by atoms with E-state index in [2.05, 4.69) is 17.3 Å². The zero-order valence-corrected chi connectivity index (χ0v) is 39.7. The van der Waals surface area contributed by atoms with Crippen LogP contribution in [0.4, 0.5) is 8.78 Å². The van der Waals surface area contributed by atoms with Gasteiger partial charge in [-0.2, -0.15) is 10.2 Å². The maximum atomic E-state index is 13.2. The molecule has 2 aliphatic carbocycles. The minimum absolute atomic E-state index is 0. The van der Waals surface area contributed by atoms with Crippen LogP contribution >= 0.6 is 12.4 Å². The minimum atomic E-state index is -0.741. The lowest BCUT2D eigenvalue weighted by Gasteiger charge is -2.31. The van der Waals surface area contributed by atoms with E-state index in [-0.39, 0.29) is 66.1 Å². The van der Waals surface area contributed by atoms with Gasteiger partial charge in [0.15, 0.2) is 0 Å².